The zero-order chi connectivity index (χ0) is 24.4. The average Bonchev–Trinajstić information content (AvgIpc) is 3.64. The topological polar surface area (TPSA) is 132 Å². The van der Waals surface area contributed by atoms with E-state index in [1.807, 2.05) is 60.7 Å². The molecule has 0 bridgehead atoms. The molecule has 3 atom stereocenters. The second-order valence-electron chi connectivity index (χ2n) is 8.56. The largest absolute Gasteiger partial charge is 0.454 e. The average molecular weight is 472 g/mol. The molecular formula is C25H25N7O3. The number of nitrogens with one attached hydrogen (secondary N) is 1. The monoisotopic (exact) mass is 471 g/mol. The molecule has 178 valence electrons. The Hall–Kier alpha value is -4.31. The fraction of sp³-hybridized carbons (Fsp3) is 0.240. The molecule has 1 aliphatic rings. The van der Waals surface area contributed by atoms with E-state index < -0.39 is 6.04 Å². The number of hydrogen-bond acceptors (Lipinski definition) is 7. The van der Waals surface area contributed by atoms with Crippen molar-refractivity contribution in [3.05, 3.63) is 89.9 Å². The zero-order valence-corrected chi connectivity index (χ0v) is 19.1. The lowest BCUT2D eigenvalue weighted by Gasteiger charge is -2.23. The maximum atomic E-state index is 13.5. The lowest BCUT2D eigenvalue weighted by molar-refractivity contribution is -0.120. The van der Waals surface area contributed by atoms with Gasteiger partial charge in [-0.1, -0.05) is 60.7 Å². The van der Waals surface area contributed by atoms with Gasteiger partial charge in [-0.3, -0.25) is 9.59 Å². The molecule has 1 fully saturated rings. The molecule has 4 aromatic rings. The Kier molecular flexibility index (Phi) is 6.11. The standard InChI is InChI=1S/C25H25N7O3/c1-16(26)21-12-13-22(35-21)25(34)31-15-19(17-8-4-2-5-9-17)14-20(31)24(33)28-32-23(27-29-30-32)18-10-6-3-7-11-18/h2-13,16,19-20H,14-15,26H2,1H3,(H,28,33). The fourth-order valence-corrected chi connectivity index (χ4v) is 4.34. The van der Waals surface area contributed by atoms with Gasteiger partial charge in [0.05, 0.1) is 6.04 Å². The Morgan fingerprint density at radius 3 is 2.46 bits per heavy atom. The Balaban J connectivity index is 1.42. The number of likely N-dealkylation sites (tertiary alicyclic amines) is 1. The van der Waals surface area contributed by atoms with Crippen LogP contribution in [0.4, 0.5) is 0 Å². The summed E-state index contributed by atoms with van der Waals surface area (Å²) in [6, 6.07) is 21.3. The van der Waals surface area contributed by atoms with Crippen LogP contribution in [0.2, 0.25) is 0 Å². The van der Waals surface area contributed by atoms with Gasteiger partial charge in [-0.2, -0.15) is 0 Å². The molecule has 10 heteroatoms. The van der Waals surface area contributed by atoms with Crippen LogP contribution in [0.15, 0.2) is 77.2 Å². The van der Waals surface area contributed by atoms with Crippen molar-refractivity contribution in [2.24, 2.45) is 5.73 Å². The number of carbonyl (C=O) groups is 2. The van der Waals surface area contributed by atoms with Gasteiger partial charge in [0, 0.05) is 18.0 Å². The molecular weight excluding hydrogens is 446 g/mol. The number of nitrogens with zero attached hydrogens (tertiary/aromatic N) is 5. The van der Waals surface area contributed by atoms with E-state index in [4.69, 9.17) is 10.2 Å². The van der Waals surface area contributed by atoms with E-state index in [1.165, 1.54) is 4.79 Å². The maximum Gasteiger partial charge on any atom is 0.290 e. The molecule has 1 saturated heterocycles. The lowest BCUT2D eigenvalue weighted by atomic mass is 9.96. The quantitative estimate of drug-likeness (QED) is 0.442. The summed E-state index contributed by atoms with van der Waals surface area (Å²) in [4.78, 5) is 29.7. The lowest BCUT2D eigenvalue weighted by Crippen LogP contribution is -2.45. The first-order valence-electron chi connectivity index (χ1n) is 11.4. The predicted molar refractivity (Wildman–Crippen MR) is 128 cm³/mol. The smallest absolute Gasteiger partial charge is 0.290 e. The number of nitrogens with two attached hydrogens (primary N) is 1. The molecule has 0 aliphatic carbocycles. The van der Waals surface area contributed by atoms with E-state index in [2.05, 4.69) is 21.0 Å². The first-order valence-corrected chi connectivity index (χ1v) is 11.4. The third-order valence-electron chi connectivity index (χ3n) is 6.14. The van der Waals surface area contributed by atoms with Crippen LogP contribution in [-0.4, -0.2) is 49.6 Å². The van der Waals surface area contributed by atoms with E-state index in [-0.39, 0.29) is 29.5 Å². The molecule has 0 saturated carbocycles. The summed E-state index contributed by atoms with van der Waals surface area (Å²) in [5, 5.41) is 11.7. The summed E-state index contributed by atoms with van der Waals surface area (Å²) in [7, 11) is 0. The van der Waals surface area contributed by atoms with E-state index in [9.17, 15) is 9.59 Å². The van der Waals surface area contributed by atoms with Crippen molar-refractivity contribution in [1.29, 1.82) is 0 Å². The molecule has 5 rings (SSSR count). The number of tetrazole rings is 1. The molecule has 0 spiro atoms. The van der Waals surface area contributed by atoms with Crippen LogP contribution in [0.1, 0.15) is 47.2 Å². The van der Waals surface area contributed by atoms with Gasteiger partial charge in [-0.15, -0.1) is 9.89 Å². The Bertz CT molecular complexity index is 1320. The highest BCUT2D eigenvalue weighted by Crippen LogP contribution is 2.33. The molecule has 1 aliphatic heterocycles. The highest BCUT2D eigenvalue weighted by Gasteiger charge is 2.41. The van der Waals surface area contributed by atoms with Crippen LogP contribution >= 0.6 is 0 Å². The van der Waals surface area contributed by atoms with E-state index in [0.29, 0.717) is 24.6 Å². The predicted octanol–water partition coefficient (Wildman–Crippen LogP) is 2.72. The van der Waals surface area contributed by atoms with Crippen LogP contribution in [0.3, 0.4) is 0 Å². The minimum absolute atomic E-state index is 0.0128. The summed E-state index contributed by atoms with van der Waals surface area (Å²) < 4.78 is 5.69. The van der Waals surface area contributed by atoms with E-state index in [1.54, 1.807) is 24.0 Å². The number of carbonyl (C=O) groups excluding carboxylic acids is 2. The van der Waals surface area contributed by atoms with Gasteiger partial charge in [-0.05, 0) is 41.5 Å². The number of rotatable bonds is 6. The number of aromatic nitrogens is 4. The van der Waals surface area contributed by atoms with Crippen LogP contribution in [-0.2, 0) is 4.79 Å². The van der Waals surface area contributed by atoms with Crippen LogP contribution in [0.25, 0.3) is 11.4 Å². The first kappa shape index (κ1) is 22.5. The summed E-state index contributed by atoms with van der Waals surface area (Å²) in [6.07, 6.45) is 0.450. The van der Waals surface area contributed by atoms with Gasteiger partial charge in [0.2, 0.25) is 5.82 Å². The molecule has 0 radical (unpaired) electrons. The Morgan fingerprint density at radius 2 is 1.77 bits per heavy atom. The minimum Gasteiger partial charge on any atom is -0.454 e. The summed E-state index contributed by atoms with van der Waals surface area (Å²) in [5.41, 5.74) is 10.5. The van der Waals surface area contributed by atoms with Crippen molar-refractivity contribution in [2.45, 2.75) is 31.3 Å². The Labute approximate surface area is 201 Å². The summed E-state index contributed by atoms with van der Waals surface area (Å²) in [6.45, 7) is 2.15. The molecule has 35 heavy (non-hydrogen) atoms. The highest BCUT2D eigenvalue weighted by atomic mass is 16.4. The van der Waals surface area contributed by atoms with Crippen molar-refractivity contribution in [3.63, 3.8) is 0 Å². The Morgan fingerprint density at radius 1 is 1.06 bits per heavy atom. The molecule has 2 aromatic heterocycles. The van der Waals surface area contributed by atoms with Gasteiger partial charge in [-0.25, -0.2) is 5.43 Å². The third-order valence-corrected chi connectivity index (χ3v) is 6.14. The van der Waals surface area contributed by atoms with Gasteiger partial charge in [0.25, 0.3) is 11.8 Å². The highest BCUT2D eigenvalue weighted by molar-refractivity contribution is 5.98. The van der Waals surface area contributed by atoms with Crippen LogP contribution in [0, 0.1) is 0 Å². The van der Waals surface area contributed by atoms with Crippen molar-refractivity contribution in [3.8, 4) is 11.4 Å². The van der Waals surface area contributed by atoms with Gasteiger partial charge in [0.15, 0.2) is 5.76 Å². The van der Waals surface area contributed by atoms with Crippen molar-refractivity contribution >= 4 is 11.8 Å². The molecule has 3 N–H and O–H groups in total. The van der Waals surface area contributed by atoms with Crippen LogP contribution in [0.5, 0.6) is 0 Å². The number of furan rings is 1. The van der Waals surface area contributed by atoms with Crippen LogP contribution < -0.4 is 11.2 Å². The first-order chi connectivity index (χ1) is 17.0. The summed E-state index contributed by atoms with van der Waals surface area (Å²) >= 11 is 0. The zero-order valence-electron chi connectivity index (χ0n) is 19.1. The van der Waals surface area contributed by atoms with Gasteiger partial charge < -0.3 is 15.1 Å². The number of benzene rings is 2. The molecule has 2 amide bonds. The molecule has 3 heterocycles. The molecule has 2 aromatic carbocycles. The van der Waals surface area contributed by atoms with E-state index >= 15 is 0 Å². The van der Waals surface area contributed by atoms with Crippen molar-refractivity contribution in [1.82, 2.24) is 25.2 Å². The summed E-state index contributed by atoms with van der Waals surface area (Å²) in [5.74, 6) is 0.282. The molecule has 10 nitrogen and oxygen atoms in total. The van der Waals surface area contributed by atoms with Crippen molar-refractivity contribution in [2.75, 3.05) is 12.0 Å². The normalized spacial score (nSPS) is 18.4. The second kappa shape index (κ2) is 9.51. The van der Waals surface area contributed by atoms with E-state index in [0.717, 1.165) is 11.1 Å². The van der Waals surface area contributed by atoms with Gasteiger partial charge >= 0.3 is 0 Å². The van der Waals surface area contributed by atoms with Crippen molar-refractivity contribution < 1.29 is 14.0 Å². The number of hydrogen-bond donors (Lipinski definition) is 2. The molecule has 3 unspecified atom stereocenters. The van der Waals surface area contributed by atoms with Gasteiger partial charge in [0.1, 0.15) is 11.8 Å². The minimum atomic E-state index is -0.746. The second-order valence-corrected chi connectivity index (χ2v) is 8.56. The number of amides is 2. The maximum absolute atomic E-state index is 13.5. The SMILES string of the molecule is CC(N)c1ccc(C(=O)N2CC(c3ccccc3)CC2C(=O)Nn2nnnc2-c2ccccc2)o1. The third kappa shape index (κ3) is 4.56. The fourth-order valence-electron chi connectivity index (χ4n) is 4.34.